The highest BCUT2D eigenvalue weighted by Gasteiger charge is 2.23. The van der Waals surface area contributed by atoms with E-state index in [1.54, 1.807) is 35.9 Å². The number of methoxy groups -OCH3 is 1. The van der Waals surface area contributed by atoms with E-state index in [-0.39, 0.29) is 24.2 Å². The molecule has 9 nitrogen and oxygen atoms in total. The fourth-order valence-electron chi connectivity index (χ4n) is 3.10. The molecule has 2 aromatic carbocycles. The second kappa shape index (κ2) is 11.5. The Kier molecular flexibility index (Phi) is 8.45. The molecule has 1 atom stereocenters. The van der Waals surface area contributed by atoms with Crippen molar-refractivity contribution in [1.82, 2.24) is 20.1 Å². The lowest BCUT2D eigenvalue weighted by atomic mass is 10.2. The summed E-state index contributed by atoms with van der Waals surface area (Å²) in [6.07, 6.45) is 0. The van der Waals surface area contributed by atoms with Gasteiger partial charge in [-0.2, -0.15) is 0 Å². The van der Waals surface area contributed by atoms with Gasteiger partial charge < -0.3 is 25.0 Å². The van der Waals surface area contributed by atoms with Crippen LogP contribution >= 0.6 is 11.8 Å². The van der Waals surface area contributed by atoms with Gasteiger partial charge in [0.15, 0.2) is 11.0 Å². The van der Waals surface area contributed by atoms with E-state index in [4.69, 9.17) is 4.74 Å². The second-order valence-corrected chi connectivity index (χ2v) is 8.17. The van der Waals surface area contributed by atoms with Crippen LogP contribution in [0.2, 0.25) is 0 Å². The lowest BCUT2D eigenvalue weighted by molar-refractivity contribution is -0.113. The lowest BCUT2D eigenvalue weighted by Gasteiger charge is -2.17. The molecule has 0 aliphatic heterocycles. The van der Waals surface area contributed by atoms with Crippen molar-refractivity contribution in [3.63, 3.8) is 0 Å². The maximum atomic E-state index is 12.6. The molecule has 0 aliphatic carbocycles. The van der Waals surface area contributed by atoms with Gasteiger partial charge in [-0.15, -0.1) is 10.2 Å². The van der Waals surface area contributed by atoms with Gasteiger partial charge in [0.25, 0.3) is 5.91 Å². The molecule has 0 saturated heterocycles. The van der Waals surface area contributed by atoms with Crippen LogP contribution in [-0.4, -0.2) is 51.2 Å². The normalized spacial score (nSPS) is 11.6. The van der Waals surface area contributed by atoms with E-state index in [1.165, 1.54) is 11.8 Å². The van der Waals surface area contributed by atoms with Crippen molar-refractivity contribution in [2.24, 2.45) is 0 Å². The average Bonchev–Trinajstić information content (AvgIpc) is 3.25. The number of aryl methyl sites for hydroxylation is 1. The minimum Gasteiger partial charge on any atom is -0.497 e. The van der Waals surface area contributed by atoms with Crippen molar-refractivity contribution < 1.29 is 19.4 Å². The van der Waals surface area contributed by atoms with Gasteiger partial charge in [0.05, 0.1) is 19.5 Å². The quantitative estimate of drug-likeness (QED) is 0.391. The van der Waals surface area contributed by atoms with E-state index < -0.39 is 6.04 Å². The van der Waals surface area contributed by atoms with Crippen LogP contribution < -0.4 is 15.4 Å². The smallest absolute Gasteiger partial charge is 0.251 e. The van der Waals surface area contributed by atoms with Crippen LogP contribution in [0.5, 0.6) is 5.75 Å². The van der Waals surface area contributed by atoms with Gasteiger partial charge in [-0.25, -0.2) is 0 Å². The fourth-order valence-corrected chi connectivity index (χ4v) is 3.91. The van der Waals surface area contributed by atoms with Gasteiger partial charge in [-0.05, 0) is 50.2 Å². The molecule has 3 rings (SSSR count). The highest BCUT2D eigenvalue weighted by atomic mass is 32.2. The van der Waals surface area contributed by atoms with Crippen molar-refractivity contribution in [2.75, 3.05) is 24.8 Å². The number of carbonyl (C=O) groups is 2. The molecule has 1 aromatic heterocycles. The third-order valence-electron chi connectivity index (χ3n) is 4.88. The third kappa shape index (κ3) is 6.33. The van der Waals surface area contributed by atoms with Crippen LogP contribution in [0.4, 0.5) is 5.69 Å². The Labute approximate surface area is 196 Å². The van der Waals surface area contributed by atoms with E-state index in [1.807, 2.05) is 38.1 Å². The van der Waals surface area contributed by atoms with Gasteiger partial charge >= 0.3 is 0 Å². The Morgan fingerprint density at radius 2 is 1.82 bits per heavy atom. The van der Waals surface area contributed by atoms with Crippen molar-refractivity contribution in [3.05, 3.63) is 65.5 Å². The van der Waals surface area contributed by atoms with Crippen LogP contribution in [0.1, 0.15) is 34.7 Å². The number of nitrogens with one attached hydrogen (secondary N) is 2. The zero-order chi connectivity index (χ0) is 23.8. The molecule has 3 N–H and O–H groups in total. The summed E-state index contributed by atoms with van der Waals surface area (Å²) in [5.74, 6) is 0.692. The number of aromatic nitrogens is 3. The number of aliphatic hydroxyl groups is 1. The van der Waals surface area contributed by atoms with E-state index in [0.717, 1.165) is 11.3 Å². The molecule has 1 heterocycles. The summed E-state index contributed by atoms with van der Waals surface area (Å²) < 4.78 is 6.88. The number of thioether (sulfide) groups is 1. The van der Waals surface area contributed by atoms with E-state index in [9.17, 15) is 14.7 Å². The van der Waals surface area contributed by atoms with Crippen LogP contribution in [0.3, 0.4) is 0 Å². The Hall–Kier alpha value is -3.37. The highest BCUT2D eigenvalue weighted by Crippen LogP contribution is 2.22. The molecular formula is C23H27N5O4S. The molecule has 2 amide bonds. The summed E-state index contributed by atoms with van der Waals surface area (Å²) in [4.78, 5) is 24.9. The van der Waals surface area contributed by atoms with Crippen LogP contribution in [0.25, 0.3) is 0 Å². The molecule has 0 fully saturated rings. The van der Waals surface area contributed by atoms with Crippen molar-refractivity contribution in [2.45, 2.75) is 31.6 Å². The van der Waals surface area contributed by atoms with Crippen LogP contribution in [-0.2, 0) is 11.3 Å². The minimum absolute atomic E-state index is 0.147. The standard InChI is InChI=1S/C23H27N5O4S/c1-4-28-21(19(13-29)25-22(31)16-7-11-18(32-3)12-8-16)26-27-23(28)33-14-20(30)24-17-9-5-15(2)6-10-17/h5-12,19,29H,4,13-14H2,1-3H3,(H,24,30)(H,25,31)/t19-/m0/s1. The number of rotatable bonds is 10. The van der Waals surface area contributed by atoms with Gasteiger partial charge in [0, 0.05) is 17.8 Å². The van der Waals surface area contributed by atoms with Gasteiger partial charge in [0.2, 0.25) is 5.91 Å². The number of aliphatic hydroxyl groups excluding tert-OH is 1. The molecule has 0 aliphatic rings. The van der Waals surface area contributed by atoms with Gasteiger partial charge in [0.1, 0.15) is 11.8 Å². The predicted octanol–water partition coefficient (Wildman–Crippen LogP) is 2.81. The molecule has 3 aromatic rings. The Balaban J connectivity index is 1.65. The zero-order valence-electron chi connectivity index (χ0n) is 18.7. The molecule has 0 radical (unpaired) electrons. The van der Waals surface area contributed by atoms with Crippen molar-refractivity contribution in [1.29, 1.82) is 0 Å². The Morgan fingerprint density at radius 1 is 1.12 bits per heavy atom. The summed E-state index contributed by atoms with van der Waals surface area (Å²) in [6, 6.07) is 13.5. The molecule has 10 heteroatoms. The van der Waals surface area contributed by atoms with Crippen molar-refractivity contribution >= 4 is 29.3 Å². The molecule has 0 unspecified atom stereocenters. The van der Waals surface area contributed by atoms with Crippen molar-refractivity contribution in [3.8, 4) is 5.75 Å². The number of nitrogens with zero attached hydrogens (tertiary/aromatic N) is 3. The number of amides is 2. The Bertz CT molecular complexity index is 1080. The molecule has 33 heavy (non-hydrogen) atoms. The molecular weight excluding hydrogens is 442 g/mol. The number of hydrogen-bond acceptors (Lipinski definition) is 7. The molecule has 0 bridgehead atoms. The first kappa shape index (κ1) is 24.3. The first-order chi connectivity index (χ1) is 15.9. The number of anilines is 1. The minimum atomic E-state index is -0.747. The fraction of sp³-hybridized carbons (Fsp3) is 0.304. The summed E-state index contributed by atoms with van der Waals surface area (Å²) in [6.45, 7) is 4.05. The first-order valence-corrected chi connectivity index (χ1v) is 11.4. The van der Waals surface area contributed by atoms with Crippen LogP contribution in [0.15, 0.2) is 53.7 Å². The number of ether oxygens (including phenoxy) is 1. The summed E-state index contributed by atoms with van der Waals surface area (Å²) in [5, 5.41) is 24.4. The number of carbonyl (C=O) groups excluding carboxylic acids is 2. The number of benzene rings is 2. The maximum Gasteiger partial charge on any atom is 0.251 e. The highest BCUT2D eigenvalue weighted by molar-refractivity contribution is 7.99. The molecule has 174 valence electrons. The first-order valence-electron chi connectivity index (χ1n) is 10.4. The monoisotopic (exact) mass is 469 g/mol. The number of hydrogen-bond donors (Lipinski definition) is 3. The van der Waals surface area contributed by atoms with Crippen LogP contribution in [0, 0.1) is 6.92 Å². The largest absolute Gasteiger partial charge is 0.497 e. The topological polar surface area (TPSA) is 118 Å². The summed E-state index contributed by atoms with van der Waals surface area (Å²) in [7, 11) is 1.55. The second-order valence-electron chi connectivity index (χ2n) is 7.23. The average molecular weight is 470 g/mol. The zero-order valence-corrected chi connectivity index (χ0v) is 19.6. The Morgan fingerprint density at radius 3 is 2.42 bits per heavy atom. The predicted molar refractivity (Wildman–Crippen MR) is 127 cm³/mol. The van der Waals surface area contributed by atoms with Gasteiger partial charge in [-0.3, -0.25) is 9.59 Å². The third-order valence-corrected chi connectivity index (χ3v) is 5.85. The molecule has 0 spiro atoms. The van der Waals surface area contributed by atoms with E-state index in [0.29, 0.717) is 28.8 Å². The summed E-state index contributed by atoms with van der Waals surface area (Å²) >= 11 is 1.24. The summed E-state index contributed by atoms with van der Waals surface area (Å²) in [5.41, 5.74) is 2.27. The molecule has 0 saturated carbocycles. The van der Waals surface area contributed by atoms with E-state index >= 15 is 0 Å². The SMILES string of the molecule is CCn1c(SCC(=O)Nc2ccc(C)cc2)nnc1[C@H](CO)NC(=O)c1ccc(OC)cc1. The lowest BCUT2D eigenvalue weighted by Crippen LogP contribution is -2.32. The van der Waals surface area contributed by atoms with E-state index in [2.05, 4.69) is 20.8 Å². The van der Waals surface area contributed by atoms with Gasteiger partial charge in [-0.1, -0.05) is 29.5 Å². The maximum absolute atomic E-state index is 12.6.